The van der Waals surface area contributed by atoms with Gasteiger partial charge in [-0.1, -0.05) is 23.2 Å². The molecule has 2 aliphatic rings. The molecule has 1 fully saturated rings. The van der Waals surface area contributed by atoms with Gasteiger partial charge in [-0.2, -0.15) is 0 Å². The van der Waals surface area contributed by atoms with Crippen molar-refractivity contribution in [2.45, 2.75) is 43.9 Å². The summed E-state index contributed by atoms with van der Waals surface area (Å²) in [6.07, 6.45) is 2.60. The smallest absolute Gasteiger partial charge is 0.263 e. The molecule has 33 heavy (non-hydrogen) atoms. The molecule has 2 aromatic carbocycles. The second kappa shape index (κ2) is 10.5. The summed E-state index contributed by atoms with van der Waals surface area (Å²) in [7, 11) is 1.92. The van der Waals surface area contributed by atoms with Crippen LogP contribution in [-0.2, 0) is 9.59 Å². The van der Waals surface area contributed by atoms with E-state index in [4.69, 9.17) is 32.7 Å². The molecule has 176 valence electrons. The van der Waals surface area contributed by atoms with Crippen LogP contribution in [0.15, 0.2) is 42.5 Å². The topological polar surface area (TPSA) is 79.9 Å². The monoisotopic (exact) mass is 491 g/mol. The Bertz CT molecular complexity index is 994. The number of carbonyl (C=O) groups excluding carboxylic acids is 2. The molecule has 2 aromatic rings. The van der Waals surface area contributed by atoms with E-state index in [9.17, 15) is 9.59 Å². The molecule has 2 amide bonds. The summed E-state index contributed by atoms with van der Waals surface area (Å²) >= 11 is 11.9. The van der Waals surface area contributed by atoms with Crippen LogP contribution in [0.4, 0.5) is 5.69 Å². The van der Waals surface area contributed by atoms with Gasteiger partial charge in [-0.15, -0.1) is 0 Å². The van der Waals surface area contributed by atoms with Crippen LogP contribution >= 0.6 is 23.2 Å². The predicted molar refractivity (Wildman–Crippen MR) is 128 cm³/mol. The first-order valence-electron chi connectivity index (χ1n) is 11.0. The van der Waals surface area contributed by atoms with Crippen molar-refractivity contribution < 1.29 is 19.1 Å². The average Bonchev–Trinajstić information content (AvgIpc) is 2.80. The number of nitrogens with zero attached hydrogens (tertiary/aromatic N) is 1. The minimum Gasteiger partial charge on any atom is -0.484 e. The maximum absolute atomic E-state index is 12.8. The molecule has 0 bridgehead atoms. The molecule has 0 saturated heterocycles. The van der Waals surface area contributed by atoms with E-state index in [1.54, 1.807) is 36.4 Å². The first-order valence-corrected chi connectivity index (χ1v) is 11.8. The van der Waals surface area contributed by atoms with Crippen molar-refractivity contribution in [2.24, 2.45) is 0 Å². The van der Waals surface area contributed by atoms with Gasteiger partial charge in [-0.25, -0.2) is 0 Å². The number of hydrogen-bond donors (Lipinski definition) is 2. The minimum absolute atomic E-state index is 0.0441. The lowest BCUT2D eigenvalue weighted by atomic mass is 9.91. The third-order valence-electron chi connectivity index (χ3n) is 5.96. The molecule has 2 N–H and O–H groups in total. The van der Waals surface area contributed by atoms with Gasteiger partial charge in [-0.3, -0.25) is 9.59 Å². The van der Waals surface area contributed by atoms with Crippen LogP contribution in [0, 0.1) is 0 Å². The Balaban J connectivity index is 1.19. The number of benzene rings is 2. The molecule has 4 rings (SSSR count). The number of likely N-dealkylation sites (N-methyl/N-ethyl adjacent to an activating group) is 1. The first-order chi connectivity index (χ1) is 15.9. The summed E-state index contributed by atoms with van der Waals surface area (Å²) in [5, 5.41) is 7.38. The molecule has 1 aliphatic carbocycles. The SMILES string of the molecule is CN1C[C@@H](C(=O)NC2CCC(NC(=O)COc3ccc(Cl)cc3)CC2)Oc2ccc(Cl)cc21. The van der Waals surface area contributed by atoms with Gasteiger partial charge in [0.05, 0.1) is 12.2 Å². The standard InChI is InChI=1S/C24H27Cl2N3O4/c1-29-13-22(33-21-11-4-16(26)12-20(21)29)24(31)28-18-7-5-17(6-8-18)27-23(30)14-32-19-9-2-15(25)3-10-19/h2-4,9-12,17-18,22H,5-8,13-14H2,1H3,(H,27,30)(H,28,31)/t17?,18?,22-/m0/s1. The fourth-order valence-corrected chi connectivity index (χ4v) is 4.48. The quantitative estimate of drug-likeness (QED) is 0.641. The Hall–Kier alpha value is -2.64. The fourth-order valence-electron chi connectivity index (χ4n) is 4.19. The maximum atomic E-state index is 12.8. The van der Waals surface area contributed by atoms with Crippen molar-refractivity contribution in [3.8, 4) is 11.5 Å². The number of rotatable bonds is 6. The van der Waals surface area contributed by atoms with Crippen molar-refractivity contribution in [1.82, 2.24) is 10.6 Å². The molecular weight excluding hydrogens is 465 g/mol. The lowest BCUT2D eigenvalue weighted by Gasteiger charge is -2.35. The molecule has 1 atom stereocenters. The van der Waals surface area contributed by atoms with Gasteiger partial charge < -0.3 is 25.0 Å². The van der Waals surface area contributed by atoms with Gasteiger partial charge in [0.2, 0.25) is 0 Å². The number of halogens is 2. The van der Waals surface area contributed by atoms with Crippen molar-refractivity contribution >= 4 is 40.7 Å². The van der Waals surface area contributed by atoms with Crippen LogP contribution in [0.25, 0.3) is 0 Å². The van der Waals surface area contributed by atoms with Crippen LogP contribution in [0.5, 0.6) is 11.5 Å². The first kappa shape index (κ1) is 23.5. The minimum atomic E-state index is -0.578. The molecule has 0 aromatic heterocycles. The van der Waals surface area contributed by atoms with Crippen molar-refractivity contribution in [2.75, 3.05) is 25.1 Å². The van der Waals surface area contributed by atoms with Crippen molar-refractivity contribution in [3.63, 3.8) is 0 Å². The van der Waals surface area contributed by atoms with E-state index in [0.29, 0.717) is 28.1 Å². The number of amides is 2. The number of fused-ring (bicyclic) bond motifs is 1. The van der Waals surface area contributed by atoms with E-state index in [2.05, 4.69) is 10.6 Å². The lowest BCUT2D eigenvalue weighted by Crippen LogP contribution is -2.52. The third kappa shape index (κ3) is 6.24. The normalized spacial score (nSPS) is 22.0. The van der Waals surface area contributed by atoms with E-state index in [-0.39, 0.29) is 30.5 Å². The van der Waals surface area contributed by atoms with Gasteiger partial charge in [0.15, 0.2) is 12.7 Å². The van der Waals surface area contributed by atoms with E-state index in [0.717, 1.165) is 31.4 Å². The van der Waals surface area contributed by atoms with Gasteiger partial charge in [-0.05, 0) is 68.1 Å². The average molecular weight is 492 g/mol. The molecule has 0 spiro atoms. The van der Waals surface area contributed by atoms with Crippen LogP contribution in [-0.4, -0.2) is 50.2 Å². The Morgan fingerprint density at radius 2 is 1.64 bits per heavy atom. The van der Waals surface area contributed by atoms with Gasteiger partial charge in [0, 0.05) is 29.2 Å². The predicted octanol–water partition coefficient (Wildman–Crippen LogP) is 3.81. The molecule has 1 saturated carbocycles. The molecule has 1 aliphatic heterocycles. The highest BCUT2D eigenvalue weighted by Gasteiger charge is 2.31. The molecule has 0 radical (unpaired) electrons. The number of nitrogens with one attached hydrogen (secondary N) is 2. The van der Waals surface area contributed by atoms with E-state index < -0.39 is 6.10 Å². The summed E-state index contributed by atoms with van der Waals surface area (Å²) < 4.78 is 11.4. The summed E-state index contributed by atoms with van der Waals surface area (Å²) in [6, 6.07) is 12.4. The van der Waals surface area contributed by atoms with E-state index in [1.165, 1.54) is 0 Å². The molecule has 0 unspecified atom stereocenters. The van der Waals surface area contributed by atoms with Gasteiger partial charge in [0.1, 0.15) is 11.5 Å². The zero-order valence-corrected chi connectivity index (χ0v) is 19.9. The lowest BCUT2D eigenvalue weighted by molar-refractivity contribution is -0.129. The van der Waals surface area contributed by atoms with E-state index in [1.807, 2.05) is 18.0 Å². The highest BCUT2D eigenvalue weighted by Crippen LogP contribution is 2.34. The Morgan fingerprint density at radius 1 is 1.00 bits per heavy atom. The van der Waals surface area contributed by atoms with Crippen LogP contribution in [0.3, 0.4) is 0 Å². The zero-order chi connectivity index (χ0) is 23.4. The maximum Gasteiger partial charge on any atom is 0.263 e. The van der Waals surface area contributed by atoms with Crippen molar-refractivity contribution in [3.05, 3.63) is 52.5 Å². The summed E-state index contributed by atoms with van der Waals surface area (Å²) in [5.41, 5.74) is 0.878. The second-order valence-corrected chi connectivity index (χ2v) is 9.34. The third-order valence-corrected chi connectivity index (χ3v) is 6.44. The Kier molecular flexibility index (Phi) is 7.50. The molecule has 1 heterocycles. The zero-order valence-electron chi connectivity index (χ0n) is 18.4. The number of hydrogen-bond acceptors (Lipinski definition) is 5. The molecular formula is C24H27Cl2N3O4. The largest absolute Gasteiger partial charge is 0.484 e. The van der Waals surface area contributed by atoms with Crippen molar-refractivity contribution in [1.29, 1.82) is 0 Å². The summed E-state index contributed by atoms with van der Waals surface area (Å²) in [6.45, 7) is 0.412. The summed E-state index contributed by atoms with van der Waals surface area (Å²) in [4.78, 5) is 27.0. The summed E-state index contributed by atoms with van der Waals surface area (Å²) in [5.74, 6) is 0.976. The number of anilines is 1. The fraction of sp³-hybridized carbons (Fsp3) is 0.417. The highest BCUT2D eigenvalue weighted by molar-refractivity contribution is 6.31. The number of ether oxygens (including phenoxy) is 2. The molecule has 9 heteroatoms. The van der Waals surface area contributed by atoms with Gasteiger partial charge in [0.25, 0.3) is 11.8 Å². The second-order valence-electron chi connectivity index (χ2n) is 8.47. The molecule has 7 nitrogen and oxygen atoms in total. The Morgan fingerprint density at radius 3 is 2.33 bits per heavy atom. The van der Waals surface area contributed by atoms with E-state index >= 15 is 0 Å². The highest BCUT2D eigenvalue weighted by atomic mass is 35.5. The van der Waals surface area contributed by atoms with Crippen LogP contribution in [0.2, 0.25) is 10.0 Å². The van der Waals surface area contributed by atoms with Gasteiger partial charge >= 0.3 is 0 Å². The number of carbonyl (C=O) groups is 2. The Labute approximate surface area is 203 Å². The van der Waals surface area contributed by atoms with Crippen LogP contribution < -0.4 is 25.0 Å². The van der Waals surface area contributed by atoms with Crippen LogP contribution in [0.1, 0.15) is 25.7 Å².